The monoisotopic (exact) mass is 262 g/mol. The number of nitrogens with zero attached hydrogens (tertiary/aromatic N) is 5. The van der Waals surface area contributed by atoms with E-state index in [9.17, 15) is 10.1 Å². The molecule has 2 aromatic rings. The average Bonchev–Trinajstić information content (AvgIpc) is 2.65. The van der Waals surface area contributed by atoms with Crippen LogP contribution in [0.25, 0.3) is 5.82 Å². The molecule has 0 spiro atoms. The van der Waals surface area contributed by atoms with Gasteiger partial charge in [-0.3, -0.25) is 10.1 Å². The van der Waals surface area contributed by atoms with Crippen molar-refractivity contribution in [3.05, 3.63) is 33.3 Å². The van der Waals surface area contributed by atoms with E-state index in [4.69, 9.17) is 0 Å². The van der Waals surface area contributed by atoms with Crippen molar-refractivity contribution in [2.75, 3.05) is 12.4 Å². The Balaban J connectivity index is 2.71. The first-order valence-corrected chi connectivity index (χ1v) is 5.68. The van der Waals surface area contributed by atoms with Gasteiger partial charge in [0.1, 0.15) is 6.20 Å². The van der Waals surface area contributed by atoms with Crippen LogP contribution in [0.5, 0.6) is 0 Å². The van der Waals surface area contributed by atoms with Crippen molar-refractivity contribution in [3.63, 3.8) is 0 Å². The smallest absolute Gasteiger partial charge is 0.332 e. The zero-order chi connectivity index (χ0) is 14.2. The van der Waals surface area contributed by atoms with E-state index >= 15 is 0 Å². The van der Waals surface area contributed by atoms with Crippen molar-refractivity contribution in [2.24, 2.45) is 0 Å². The van der Waals surface area contributed by atoms with E-state index in [1.54, 1.807) is 7.05 Å². The molecule has 0 radical (unpaired) electrons. The Morgan fingerprint density at radius 3 is 2.53 bits per heavy atom. The van der Waals surface area contributed by atoms with Crippen LogP contribution in [0.1, 0.15) is 17.0 Å². The van der Waals surface area contributed by atoms with Gasteiger partial charge in [0.2, 0.25) is 11.8 Å². The van der Waals surface area contributed by atoms with Gasteiger partial charge < -0.3 is 5.32 Å². The Bertz CT molecular complexity index is 649. The van der Waals surface area contributed by atoms with Crippen molar-refractivity contribution in [1.29, 1.82) is 0 Å². The first-order valence-electron chi connectivity index (χ1n) is 5.68. The van der Waals surface area contributed by atoms with E-state index in [2.05, 4.69) is 20.4 Å². The summed E-state index contributed by atoms with van der Waals surface area (Å²) in [7, 11) is 1.65. The maximum absolute atomic E-state index is 11.1. The minimum Gasteiger partial charge on any atom is -0.357 e. The van der Waals surface area contributed by atoms with E-state index in [0.717, 1.165) is 17.0 Å². The van der Waals surface area contributed by atoms with Gasteiger partial charge in [0.15, 0.2) is 0 Å². The zero-order valence-corrected chi connectivity index (χ0v) is 11.1. The molecule has 0 aliphatic rings. The molecule has 0 saturated heterocycles. The van der Waals surface area contributed by atoms with Crippen LogP contribution in [-0.4, -0.2) is 31.7 Å². The predicted molar refractivity (Wildman–Crippen MR) is 69.6 cm³/mol. The van der Waals surface area contributed by atoms with Crippen LogP contribution in [0, 0.1) is 30.9 Å². The third-order valence-electron chi connectivity index (χ3n) is 3.02. The lowest BCUT2D eigenvalue weighted by molar-refractivity contribution is -0.385. The van der Waals surface area contributed by atoms with Crippen LogP contribution in [0.2, 0.25) is 0 Å². The molecule has 0 aliphatic carbocycles. The maximum Gasteiger partial charge on any atom is 0.332 e. The van der Waals surface area contributed by atoms with Crippen LogP contribution < -0.4 is 5.32 Å². The fourth-order valence-electron chi connectivity index (χ4n) is 1.70. The predicted octanol–water partition coefficient (Wildman–Crippen LogP) is 1.54. The summed E-state index contributed by atoms with van der Waals surface area (Å²) in [5.74, 6) is 0.476. The molecule has 0 aliphatic heterocycles. The van der Waals surface area contributed by atoms with E-state index in [1.807, 2.05) is 20.8 Å². The number of aryl methyl sites for hydroxylation is 1. The number of anilines is 1. The molecule has 0 bridgehead atoms. The summed E-state index contributed by atoms with van der Waals surface area (Å²) in [6.45, 7) is 5.62. The standard InChI is InChI=1S/C11H14N6O2/c1-6-7(2)15-16(8(6)3)10-9(17(18)19)5-13-11(12-4)14-10/h5H,1-4H3,(H,12,13,14). The van der Waals surface area contributed by atoms with E-state index in [-0.39, 0.29) is 11.5 Å². The number of nitrogens with one attached hydrogen (secondary N) is 1. The van der Waals surface area contributed by atoms with E-state index < -0.39 is 4.92 Å². The first-order chi connectivity index (χ1) is 8.95. The van der Waals surface area contributed by atoms with Crippen LogP contribution in [0.15, 0.2) is 6.20 Å². The summed E-state index contributed by atoms with van der Waals surface area (Å²) in [4.78, 5) is 18.5. The molecule has 100 valence electrons. The molecule has 19 heavy (non-hydrogen) atoms. The van der Waals surface area contributed by atoms with Crippen LogP contribution >= 0.6 is 0 Å². The number of rotatable bonds is 3. The molecule has 2 aromatic heterocycles. The van der Waals surface area contributed by atoms with Crippen molar-refractivity contribution >= 4 is 11.6 Å². The van der Waals surface area contributed by atoms with Gasteiger partial charge in [-0.2, -0.15) is 10.1 Å². The fraction of sp³-hybridized carbons (Fsp3) is 0.364. The highest BCUT2D eigenvalue weighted by Crippen LogP contribution is 2.23. The molecule has 8 nitrogen and oxygen atoms in total. The van der Waals surface area contributed by atoms with Gasteiger partial charge in [-0.25, -0.2) is 9.67 Å². The average molecular weight is 262 g/mol. The molecular formula is C11H14N6O2. The molecule has 0 unspecified atom stereocenters. The van der Waals surface area contributed by atoms with Crippen molar-refractivity contribution in [1.82, 2.24) is 19.7 Å². The lowest BCUT2D eigenvalue weighted by atomic mass is 10.2. The second-order valence-corrected chi connectivity index (χ2v) is 4.12. The van der Waals surface area contributed by atoms with Gasteiger partial charge in [0, 0.05) is 12.7 Å². The summed E-state index contributed by atoms with van der Waals surface area (Å²) in [6.07, 6.45) is 1.18. The Kier molecular flexibility index (Phi) is 3.16. The number of hydrogen-bond acceptors (Lipinski definition) is 6. The molecule has 0 aromatic carbocycles. The van der Waals surface area contributed by atoms with Crippen molar-refractivity contribution in [2.45, 2.75) is 20.8 Å². The van der Waals surface area contributed by atoms with Crippen LogP contribution in [-0.2, 0) is 0 Å². The Morgan fingerprint density at radius 2 is 2.05 bits per heavy atom. The summed E-state index contributed by atoms with van der Waals surface area (Å²) in [5.41, 5.74) is 2.45. The first kappa shape index (κ1) is 12.9. The second kappa shape index (κ2) is 4.63. The summed E-state index contributed by atoms with van der Waals surface area (Å²) < 4.78 is 1.48. The molecule has 0 amide bonds. The highest BCUT2D eigenvalue weighted by molar-refractivity contribution is 5.49. The molecule has 2 rings (SSSR count). The van der Waals surface area contributed by atoms with E-state index in [1.165, 1.54) is 10.9 Å². The van der Waals surface area contributed by atoms with Crippen molar-refractivity contribution < 1.29 is 4.92 Å². The largest absolute Gasteiger partial charge is 0.357 e. The Labute approximate surface area is 109 Å². The third-order valence-corrected chi connectivity index (χ3v) is 3.02. The highest BCUT2D eigenvalue weighted by Gasteiger charge is 2.22. The van der Waals surface area contributed by atoms with Gasteiger partial charge in [-0.05, 0) is 26.3 Å². The van der Waals surface area contributed by atoms with Gasteiger partial charge in [-0.15, -0.1) is 0 Å². The van der Waals surface area contributed by atoms with Crippen LogP contribution in [0.3, 0.4) is 0 Å². The molecular weight excluding hydrogens is 248 g/mol. The zero-order valence-electron chi connectivity index (χ0n) is 11.1. The minimum absolute atomic E-state index is 0.165. The third kappa shape index (κ3) is 2.12. The highest BCUT2D eigenvalue weighted by atomic mass is 16.6. The number of hydrogen-bond donors (Lipinski definition) is 1. The van der Waals surface area contributed by atoms with Gasteiger partial charge in [0.05, 0.1) is 10.6 Å². The van der Waals surface area contributed by atoms with Crippen LogP contribution in [0.4, 0.5) is 11.6 Å². The maximum atomic E-state index is 11.1. The minimum atomic E-state index is -0.513. The SMILES string of the molecule is CNc1ncc([N+](=O)[O-])c(-n2nc(C)c(C)c2C)n1. The van der Waals surface area contributed by atoms with Gasteiger partial charge in [0.25, 0.3) is 0 Å². The summed E-state index contributed by atoms with van der Waals surface area (Å²) in [6, 6.07) is 0. The molecule has 2 heterocycles. The van der Waals surface area contributed by atoms with E-state index in [0.29, 0.717) is 5.95 Å². The normalized spacial score (nSPS) is 10.5. The lowest BCUT2D eigenvalue weighted by Gasteiger charge is -2.06. The quantitative estimate of drug-likeness (QED) is 0.665. The lowest BCUT2D eigenvalue weighted by Crippen LogP contribution is -2.09. The Morgan fingerprint density at radius 1 is 1.37 bits per heavy atom. The number of aromatic nitrogens is 4. The molecule has 1 N–H and O–H groups in total. The second-order valence-electron chi connectivity index (χ2n) is 4.12. The molecule has 8 heteroatoms. The van der Waals surface area contributed by atoms with Gasteiger partial charge in [-0.1, -0.05) is 0 Å². The van der Waals surface area contributed by atoms with Gasteiger partial charge >= 0.3 is 5.69 Å². The van der Waals surface area contributed by atoms with Crippen molar-refractivity contribution in [3.8, 4) is 5.82 Å². The molecule has 0 saturated carbocycles. The Hall–Kier alpha value is -2.51. The molecule has 0 atom stereocenters. The topological polar surface area (TPSA) is 98.8 Å². The molecule has 0 fully saturated rings. The summed E-state index contributed by atoms with van der Waals surface area (Å²) >= 11 is 0. The summed E-state index contributed by atoms with van der Waals surface area (Å²) in [5, 5.41) is 18.1. The number of nitro groups is 1. The fourth-order valence-corrected chi connectivity index (χ4v) is 1.70.